The molecule has 3 aromatic rings. The zero-order valence-corrected chi connectivity index (χ0v) is 15.4. The summed E-state index contributed by atoms with van der Waals surface area (Å²) in [6, 6.07) is 6.28. The zero-order valence-electron chi connectivity index (χ0n) is 14.6. The van der Waals surface area contributed by atoms with Crippen molar-refractivity contribution in [2.75, 3.05) is 5.32 Å². The first kappa shape index (κ1) is 16.6. The average Bonchev–Trinajstić information content (AvgIpc) is 3.17. The van der Waals surface area contributed by atoms with E-state index in [9.17, 15) is 4.79 Å². The summed E-state index contributed by atoms with van der Waals surface area (Å²) >= 11 is 1.42. The smallest absolute Gasteiger partial charge is 0.232 e. The number of nitrogens with one attached hydrogen (secondary N) is 1. The van der Waals surface area contributed by atoms with Crippen LogP contribution in [0.2, 0.25) is 0 Å². The van der Waals surface area contributed by atoms with Crippen LogP contribution in [0.15, 0.2) is 36.0 Å². The van der Waals surface area contributed by atoms with E-state index in [-0.39, 0.29) is 11.3 Å². The van der Waals surface area contributed by atoms with Gasteiger partial charge in [-0.1, -0.05) is 33.8 Å². The Morgan fingerprint density at radius 2 is 2.00 bits per heavy atom. The normalized spacial score (nSPS) is 12.5. The Balaban J connectivity index is 1.95. The van der Waals surface area contributed by atoms with Crippen molar-refractivity contribution in [3.63, 3.8) is 0 Å². The van der Waals surface area contributed by atoms with E-state index in [1.165, 1.54) is 11.3 Å². The van der Waals surface area contributed by atoms with Gasteiger partial charge in [-0.3, -0.25) is 9.48 Å². The van der Waals surface area contributed by atoms with Crippen molar-refractivity contribution < 1.29 is 4.79 Å². The van der Waals surface area contributed by atoms with Gasteiger partial charge < -0.3 is 5.32 Å². The summed E-state index contributed by atoms with van der Waals surface area (Å²) in [6.45, 7) is 8.16. The van der Waals surface area contributed by atoms with Gasteiger partial charge in [0, 0.05) is 29.4 Å². The van der Waals surface area contributed by atoms with Crippen molar-refractivity contribution in [2.45, 2.75) is 33.1 Å². The summed E-state index contributed by atoms with van der Waals surface area (Å²) in [4.78, 5) is 17.0. The van der Waals surface area contributed by atoms with Gasteiger partial charge >= 0.3 is 0 Å². The second-order valence-corrected chi connectivity index (χ2v) is 7.98. The topological polar surface area (TPSA) is 59.8 Å². The predicted molar refractivity (Wildman–Crippen MR) is 98.3 cm³/mol. The fourth-order valence-electron chi connectivity index (χ4n) is 2.74. The van der Waals surface area contributed by atoms with Gasteiger partial charge in [-0.2, -0.15) is 5.10 Å². The number of carbonyl (C=O) groups excluding carboxylic acids is 1. The SMILES string of the molecule is Cn1ncc2cc(C(C)(C)C(C)(C)C(=O)Nc3nccs3)ccc21. The highest BCUT2D eigenvalue weighted by atomic mass is 32.1. The summed E-state index contributed by atoms with van der Waals surface area (Å²) in [5.41, 5.74) is 1.22. The lowest BCUT2D eigenvalue weighted by molar-refractivity contribution is -0.127. The van der Waals surface area contributed by atoms with E-state index in [0.717, 1.165) is 16.5 Å². The monoisotopic (exact) mass is 342 g/mol. The van der Waals surface area contributed by atoms with Gasteiger partial charge in [-0.25, -0.2) is 4.98 Å². The Kier molecular flexibility index (Phi) is 3.95. The molecular weight excluding hydrogens is 320 g/mol. The number of hydrogen-bond donors (Lipinski definition) is 1. The van der Waals surface area contributed by atoms with E-state index in [2.05, 4.69) is 47.4 Å². The Hall–Kier alpha value is -2.21. The molecule has 2 aromatic heterocycles. The molecule has 0 aliphatic rings. The van der Waals surface area contributed by atoms with Gasteiger partial charge in [0.2, 0.25) is 5.91 Å². The maximum atomic E-state index is 12.9. The molecule has 0 unspecified atom stereocenters. The molecule has 3 rings (SSSR count). The predicted octanol–water partition coefficient (Wildman–Crippen LogP) is 3.97. The Labute approximate surface area is 145 Å². The number of fused-ring (bicyclic) bond motifs is 1. The second kappa shape index (κ2) is 5.70. The van der Waals surface area contributed by atoms with Crippen molar-refractivity contribution in [3.05, 3.63) is 41.5 Å². The van der Waals surface area contributed by atoms with Crippen LogP contribution < -0.4 is 5.32 Å². The number of amides is 1. The first-order chi connectivity index (χ1) is 11.2. The summed E-state index contributed by atoms with van der Waals surface area (Å²) in [7, 11) is 1.93. The molecule has 2 heterocycles. The number of hydrogen-bond acceptors (Lipinski definition) is 4. The molecule has 0 aliphatic heterocycles. The molecule has 5 nitrogen and oxygen atoms in total. The first-order valence-corrected chi connectivity index (χ1v) is 8.74. The second-order valence-electron chi connectivity index (χ2n) is 7.08. The molecule has 1 amide bonds. The van der Waals surface area contributed by atoms with Crippen LogP contribution in [-0.2, 0) is 17.3 Å². The Morgan fingerprint density at radius 1 is 1.25 bits per heavy atom. The van der Waals surface area contributed by atoms with Crippen LogP contribution >= 0.6 is 11.3 Å². The van der Waals surface area contributed by atoms with Crippen molar-refractivity contribution >= 4 is 33.3 Å². The molecule has 0 saturated heterocycles. The van der Waals surface area contributed by atoms with Gasteiger partial charge in [-0.05, 0) is 17.7 Å². The molecule has 0 bridgehead atoms. The van der Waals surface area contributed by atoms with E-state index in [0.29, 0.717) is 5.13 Å². The fourth-order valence-corrected chi connectivity index (χ4v) is 3.26. The first-order valence-electron chi connectivity index (χ1n) is 7.86. The van der Waals surface area contributed by atoms with E-state index >= 15 is 0 Å². The van der Waals surface area contributed by atoms with Crippen molar-refractivity contribution in [3.8, 4) is 0 Å². The highest BCUT2D eigenvalue weighted by molar-refractivity contribution is 7.13. The van der Waals surface area contributed by atoms with Crippen LogP contribution in [0.1, 0.15) is 33.3 Å². The quantitative estimate of drug-likeness (QED) is 0.780. The molecule has 0 atom stereocenters. The number of aromatic nitrogens is 3. The average molecular weight is 342 g/mol. The molecule has 24 heavy (non-hydrogen) atoms. The minimum Gasteiger partial charge on any atom is -0.301 e. The lowest BCUT2D eigenvalue weighted by atomic mass is 9.63. The number of rotatable bonds is 4. The number of benzene rings is 1. The van der Waals surface area contributed by atoms with Crippen LogP contribution in [0.5, 0.6) is 0 Å². The van der Waals surface area contributed by atoms with Gasteiger partial charge in [0.25, 0.3) is 0 Å². The Morgan fingerprint density at radius 3 is 2.67 bits per heavy atom. The van der Waals surface area contributed by atoms with Gasteiger partial charge in [0.05, 0.1) is 17.1 Å². The molecule has 0 radical (unpaired) electrons. The number of carbonyl (C=O) groups is 1. The maximum Gasteiger partial charge on any atom is 0.232 e. The number of thiazole rings is 1. The van der Waals surface area contributed by atoms with Crippen molar-refractivity contribution in [2.24, 2.45) is 12.5 Å². The number of nitrogens with zero attached hydrogens (tertiary/aromatic N) is 3. The highest BCUT2D eigenvalue weighted by Crippen LogP contribution is 2.43. The third-order valence-electron chi connectivity index (χ3n) is 5.25. The number of aryl methyl sites for hydroxylation is 1. The van der Waals surface area contributed by atoms with Crippen LogP contribution in [0.3, 0.4) is 0 Å². The Bertz CT molecular complexity index is 878. The summed E-state index contributed by atoms with van der Waals surface area (Å²) in [5, 5.41) is 10.8. The molecule has 0 saturated carbocycles. The molecule has 0 fully saturated rings. The molecule has 0 aliphatic carbocycles. The summed E-state index contributed by atoms with van der Waals surface area (Å²) < 4.78 is 1.85. The summed E-state index contributed by atoms with van der Waals surface area (Å²) in [5.74, 6) is -0.0336. The van der Waals surface area contributed by atoms with Crippen molar-refractivity contribution in [1.82, 2.24) is 14.8 Å². The number of anilines is 1. The minimum absolute atomic E-state index is 0.0336. The third-order valence-corrected chi connectivity index (χ3v) is 5.94. The lowest BCUT2D eigenvalue weighted by Crippen LogP contribution is -2.45. The van der Waals surface area contributed by atoms with Crippen molar-refractivity contribution in [1.29, 1.82) is 0 Å². The van der Waals surface area contributed by atoms with E-state index in [1.807, 2.05) is 37.2 Å². The van der Waals surface area contributed by atoms with Crippen LogP contribution in [0.4, 0.5) is 5.13 Å². The van der Waals surface area contributed by atoms with Gasteiger partial charge in [0.1, 0.15) is 0 Å². The molecule has 6 heteroatoms. The fraction of sp³-hybridized carbons (Fsp3) is 0.389. The van der Waals surface area contributed by atoms with E-state index in [4.69, 9.17) is 0 Å². The minimum atomic E-state index is -0.617. The van der Waals surface area contributed by atoms with Gasteiger partial charge in [-0.15, -0.1) is 11.3 Å². The van der Waals surface area contributed by atoms with E-state index < -0.39 is 5.41 Å². The van der Waals surface area contributed by atoms with Crippen LogP contribution in [0, 0.1) is 5.41 Å². The molecule has 1 N–H and O–H groups in total. The van der Waals surface area contributed by atoms with E-state index in [1.54, 1.807) is 6.20 Å². The maximum absolute atomic E-state index is 12.9. The summed E-state index contributed by atoms with van der Waals surface area (Å²) in [6.07, 6.45) is 3.55. The molecule has 0 spiro atoms. The lowest BCUT2D eigenvalue weighted by Gasteiger charge is -2.40. The standard InChI is InChI=1S/C18H22N4OS/c1-17(2,13-6-7-14-12(10-13)11-20-22(14)5)18(3,4)15(23)21-16-19-8-9-24-16/h6-11H,1-5H3,(H,19,21,23). The highest BCUT2D eigenvalue weighted by Gasteiger charge is 2.44. The molecule has 126 valence electrons. The zero-order chi connectivity index (χ0) is 17.5. The van der Waals surface area contributed by atoms with Crippen LogP contribution in [0.25, 0.3) is 10.9 Å². The van der Waals surface area contributed by atoms with Gasteiger partial charge in [0.15, 0.2) is 5.13 Å². The largest absolute Gasteiger partial charge is 0.301 e. The third kappa shape index (κ3) is 2.60. The molecular formula is C18H22N4OS. The van der Waals surface area contributed by atoms with Crippen LogP contribution in [-0.4, -0.2) is 20.7 Å². The molecule has 1 aromatic carbocycles.